The van der Waals surface area contributed by atoms with Crippen LogP contribution in [-0.4, -0.2) is 80.3 Å². The van der Waals surface area contributed by atoms with E-state index in [-0.39, 0.29) is 48.8 Å². The maximum absolute atomic E-state index is 7.46. The Balaban J connectivity index is 0.836. The molecule has 468 valence electrons. The lowest BCUT2D eigenvalue weighted by atomic mass is 9.72. The van der Waals surface area contributed by atoms with E-state index < -0.39 is 50.1 Å². The van der Waals surface area contributed by atoms with Gasteiger partial charge < -0.3 is 56.2 Å². The van der Waals surface area contributed by atoms with Crippen molar-refractivity contribution in [3.63, 3.8) is 0 Å². The highest BCUT2D eigenvalue weighted by atomic mass is 16.7. The highest BCUT2D eigenvalue weighted by Gasteiger charge is 2.63. The summed E-state index contributed by atoms with van der Waals surface area (Å²) in [4.78, 5) is 0. The molecule has 94 heavy (non-hydrogen) atoms. The predicted molar refractivity (Wildman–Crippen MR) is 371 cm³/mol. The van der Waals surface area contributed by atoms with E-state index in [9.17, 15) is 0 Å². The van der Waals surface area contributed by atoms with Gasteiger partial charge in [-0.1, -0.05) is 201 Å². The Morgan fingerprint density at radius 2 is 0.553 bits per heavy atom. The minimum Gasteiger partial charge on any atom is -0.496 e. The molecule has 0 radical (unpaired) electrons. The van der Waals surface area contributed by atoms with Crippen molar-refractivity contribution in [2.45, 2.75) is 140 Å². The Morgan fingerprint density at radius 3 is 0.798 bits per heavy atom. The molecule has 31 rings (SSSR count). The number of ether oxygens (including phenoxy) is 4. The quantitative estimate of drug-likeness (QED) is 0.148. The number of hydrogen-bond donors (Lipinski definition) is 0. The van der Waals surface area contributed by atoms with Gasteiger partial charge in [0.1, 0.15) is 23.0 Å². The van der Waals surface area contributed by atoms with E-state index in [1.54, 1.807) is 14.2 Å². The predicted octanol–water partition coefficient (Wildman–Crippen LogP) is 13.3. The lowest BCUT2D eigenvalue weighted by Gasteiger charge is -2.29. The zero-order valence-electron chi connectivity index (χ0n) is 55.1. The molecule has 12 nitrogen and oxygen atoms in total. The monoisotopic (exact) mass is 1240 g/mol. The fourth-order valence-electron chi connectivity index (χ4n) is 18.7. The molecule has 28 bridgehead atoms. The first-order valence-electron chi connectivity index (χ1n) is 33.6. The maximum Gasteiger partial charge on any atom is 0.498 e. The van der Waals surface area contributed by atoms with Crippen LogP contribution in [0.5, 0.6) is 23.0 Å². The van der Waals surface area contributed by atoms with Crippen molar-refractivity contribution in [3.05, 3.63) is 190 Å². The van der Waals surface area contributed by atoms with Gasteiger partial charge in [-0.05, 0) is 101 Å². The summed E-state index contributed by atoms with van der Waals surface area (Å²) < 4.78 is 87.1. The van der Waals surface area contributed by atoms with Gasteiger partial charge in [0.05, 0.1) is 76.3 Å². The van der Waals surface area contributed by atoms with Gasteiger partial charge in [-0.15, -0.1) is 0 Å². The Labute approximate surface area is 549 Å². The zero-order valence-corrected chi connectivity index (χ0v) is 55.1. The van der Waals surface area contributed by atoms with E-state index in [4.69, 9.17) is 56.2 Å². The van der Waals surface area contributed by atoms with E-state index in [0.717, 1.165) is 109 Å². The molecule has 0 N–H and O–H groups in total. The van der Waals surface area contributed by atoms with Crippen LogP contribution >= 0.6 is 0 Å². The summed E-state index contributed by atoms with van der Waals surface area (Å²) in [6.07, 6.45) is -2.89. The van der Waals surface area contributed by atoms with Crippen molar-refractivity contribution < 1.29 is 56.2 Å². The Bertz CT molecular complexity index is 4660. The smallest absolute Gasteiger partial charge is 0.496 e. The highest BCUT2D eigenvalue weighted by molar-refractivity contribution is 6.66. The molecule has 16 heteroatoms. The lowest BCUT2D eigenvalue weighted by Crippen LogP contribution is -2.39. The number of benzene rings is 10. The molecule has 4 aliphatic carbocycles. The van der Waals surface area contributed by atoms with Crippen LogP contribution < -0.4 is 40.8 Å². The number of fused-ring (bicyclic) bond motifs is 4. The Kier molecular flexibility index (Phi) is 12.3. The lowest BCUT2D eigenvalue weighted by molar-refractivity contribution is 0.113. The fraction of sp³-hybridized carbons (Fsp3) is 0.333. The average Bonchev–Trinajstić information content (AvgIpc) is 1.39. The van der Waals surface area contributed by atoms with Crippen LogP contribution in [0.25, 0.3) is 65.3 Å². The molecule has 4 fully saturated rings. The van der Waals surface area contributed by atoms with Crippen molar-refractivity contribution in [3.8, 4) is 45.3 Å². The molecule has 0 amide bonds. The number of methoxy groups -OCH3 is 2. The molecule has 17 aliphatic heterocycles. The van der Waals surface area contributed by atoms with Gasteiger partial charge in [0, 0.05) is 65.8 Å². The molecule has 17 heterocycles. The SMILES string of the molecule is CCOc1c2cc3ccccc3c1-c1c(OCC)c(cc3ccccc13)B1O[C@H]3c4cc5c(cc4C(C)(C)[C@H]3O1)[C@@H]1OB(O[C@@H]1C5(C)C)c1cc3ccccc3c(c1OC)-c1c(OC)c(cc3ccccc13)B1O[C@@H]3c4cc5c(cc4C(C)(C)[C@@H]3O1)[C@H]1OB2O[C@H]1C5(C)C. The molecule has 0 saturated carbocycles. The van der Waals surface area contributed by atoms with Crippen molar-refractivity contribution in [2.24, 2.45) is 0 Å². The van der Waals surface area contributed by atoms with Crippen molar-refractivity contribution >= 4 is 93.4 Å². The third-order valence-corrected chi connectivity index (χ3v) is 23.2. The molecule has 10 aromatic rings. The van der Waals surface area contributed by atoms with E-state index in [2.05, 4.69) is 201 Å². The second-order valence-electron chi connectivity index (χ2n) is 29.6. The summed E-state index contributed by atoms with van der Waals surface area (Å²) in [7, 11) is 0.361. The maximum atomic E-state index is 7.46. The summed E-state index contributed by atoms with van der Waals surface area (Å²) in [5.74, 6) is 2.65. The summed E-state index contributed by atoms with van der Waals surface area (Å²) in [5, 5.41) is 8.06. The van der Waals surface area contributed by atoms with E-state index >= 15 is 0 Å². The summed E-state index contributed by atoms with van der Waals surface area (Å²) in [6.45, 7) is 23.1. The number of hydrogen-bond acceptors (Lipinski definition) is 12. The van der Waals surface area contributed by atoms with Crippen LogP contribution in [0.4, 0.5) is 0 Å². The summed E-state index contributed by atoms with van der Waals surface area (Å²) in [6, 6.07) is 52.3. The first-order valence-corrected chi connectivity index (χ1v) is 33.6. The first-order chi connectivity index (χ1) is 45.4. The van der Waals surface area contributed by atoms with Crippen molar-refractivity contribution in [1.82, 2.24) is 0 Å². The molecule has 10 aromatic carbocycles. The molecule has 0 spiro atoms. The first kappa shape index (κ1) is 57.8. The standard InChI is InChI=1S/C78H72B4O12/c1-13-85-69-57-33-41-25-17-21-29-45(41)61(69)62-46-30-22-18-26-42(46)34-58(70(62)86-14-2)82-90-66-50-38-52-48(36-54(50)78(9,10)74(66)94-82)64-72(76(52,5)6)92-80(88-64)56-32-40-24-16-20-28-44(40)60(68(56)84-12)59-43-27-19-15-23-39(43)31-55(67(59)83-11)79-87-63-47-35-53-49(37-51(47)75(3,4)71(63)91-79)65-73(77(53,7)8)93-81(57)89-65/h15-38,63-66,71-74H,13-14H2,1-12H3/t63-,64+,65-,66+,71-,72+,73-,74+. The average molecular weight is 1240 g/mol. The molecular weight excluding hydrogens is 1170 g/mol. The zero-order chi connectivity index (χ0) is 64.0. The van der Waals surface area contributed by atoms with E-state index in [1.807, 2.05) is 13.8 Å². The van der Waals surface area contributed by atoms with Gasteiger partial charge in [0.2, 0.25) is 0 Å². The summed E-state index contributed by atoms with van der Waals surface area (Å²) >= 11 is 0. The van der Waals surface area contributed by atoms with Crippen LogP contribution in [0, 0.1) is 0 Å². The minimum atomic E-state index is -0.784. The van der Waals surface area contributed by atoms with Gasteiger partial charge >= 0.3 is 28.5 Å². The van der Waals surface area contributed by atoms with Crippen LogP contribution in [0.2, 0.25) is 0 Å². The van der Waals surface area contributed by atoms with Gasteiger partial charge in [-0.2, -0.15) is 0 Å². The van der Waals surface area contributed by atoms with Crippen LogP contribution in [-0.2, 0) is 58.9 Å². The van der Waals surface area contributed by atoms with Gasteiger partial charge in [0.15, 0.2) is 0 Å². The van der Waals surface area contributed by atoms with Gasteiger partial charge in [-0.3, -0.25) is 0 Å². The normalized spacial score (nSPS) is 25.2. The third kappa shape index (κ3) is 7.57. The second kappa shape index (κ2) is 20.0. The Morgan fingerprint density at radius 1 is 0.319 bits per heavy atom. The molecule has 21 aliphatic rings. The second-order valence-corrected chi connectivity index (χ2v) is 29.6. The number of rotatable bonds is 6. The Hall–Kier alpha value is -7.62. The summed E-state index contributed by atoms with van der Waals surface area (Å²) in [5.41, 5.74) is 13.9. The van der Waals surface area contributed by atoms with Gasteiger partial charge in [0.25, 0.3) is 0 Å². The van der Waals surface area contributed by atoms with Crippen LogP contribution in [0.15, 0.2) is 146 Å². The van der Waals surface area contributed by atoms with E-state index in [1.165, 1.54) is 22.3 Å². The molecule has 4 saturated heterocycles. The fourth-order valence-corrected chi connectivity index (χ4v) is 18.7. The van der Waals surface area contributed by atoms with Crippen LogP contribution in [0.1, 0.15) is 138 Å². The minimum absolute atomic E-state index is 0.335. The van der Waals surface area contributed by atoms with Crippen molar-refractivity contribution in [1.29, 1.82) is 0 Å². The highest BCUT2D eigenvalue weighted by Crippen LogP contribution is 2.62. The van der Waals surface area contributed by atoms with Gasteiger partial charge in [-0.25, -0.2) is 0 Å². The molecule has 8 atom stereocenters. The topological polar surface area (TPSA) is 111 Å². The third-order valence-electron chi connectivity index (χ3n) is 23.2. The molecule has 0 aromatic heterocycles. The van der Waals surface area contributed by atoms with E-state index in [0.29, 0.717) is 36.2 Å². The largest absolute Gasteiger partial charge is 0.498 e. The molecule has 0 unspecified atom stereocenters. The van der Waals surface area contributed by atoms with Crippen molar-refractivity contribution in [2.75, 3.05) is 27.4 Å². The van der Waals surface area contributed by atoms with Crippen LogP contribution in [0.3, 0.4) is 0 Å². The molecular formula is C78H72B4O12.